The van der Waals surface area contributed by atoms with Gasteiger partial charge in [0.05, 0.1) is 5.69 Å². The molecule has 0 radical (unpaired) electrons. The van der Waals surface area contributed by atoms with Crippen molar-refractivity contribution in [3.8, 4) is 22.5 Å². The van der Waals surface area contributed by atoms with E-state index >= 15 is 0 Å². The molecule has 2 aromatic carbocycles. The van der Waals surface area contributed by atoms with E-state index in [1.807, 2.05) is 9.78 Å². The third-order valence-electron chi connectivity index (χ3n) is 4.68. The molecular formula is C22H19FN2OS. The van der Waals surface area contributed by atoms with Crippen molar-refractivity contribution in [3.63, 3.8) is 0 Å². The van der Waals surface area contributed by atoms with Crippen molar-refractivity contribution in [2.75, 3.05) is 0 Å². The predicted octanol–water partition coefficient (Wildman–Crippen LogP) is 5.98. The SMILES string of the molecule is CC(C)(C)c1ccc(-c2csc3nc(-c4ccc(F)cc4)c(C=O)n23)cc1. The third-order valence-corrected chi connectivity index (χ3v) is 5.50. The Morgan fingerprint density at radius 1 is 1.00 bits per heavy atom. The molecule has 0 fully saturated rings. The number of imidazole rings is 1. The lowest BCUT2D eigenvalue weighted by Crippen LogP contribution is -2.10. The standard InChI is InChI=1S/C22H19FN2OS/c1-22(2,3)16-8-4-14(5-9-16)19-13-27-21-24-20(18(12-26)25(19)21)15-6-10-17(23)11-7-15/h4-13H,1-3H3. The van der Waals surface area contributed by atoms with E-state index in [0.29, 0.717) is 11.4 Å². The van der Waals surface area contributed by atoms with Gasteiger partial charge in [-0.15, -0.1) is 11.3 Å². The number of carbonyl (C=O) groups is 1. The van der Waals surface area contributed by atoms with Crippen LogP contribution in [0.15, 0.2) is 53.9 Å². The van der Waals surface area contributed by atoms with Gasteiger partial charge in [-0.25, -0.2) is 9.37 Å². The fourth-order valence-corrected chi connectivity index (χ4v) is 4.06. The summed E-state index contributed by atoms with van der Waals surface area (Å²) in [4.78, 5) is 17.2. The molecule has 3 nitrogen and oxygen atoms in total. The molecule has 5 heteroatoms. The molecule has 0 spiro atoms. The van der Waals surface area contributed by atoms with Crippen LogP contribution in [0.5, 0.6) is 0 Å². The highest BCUT2D eigenvalue weighted by Crippen LogP contribution is 2.33. The first-order chi connectivity index (χ1) is 12.9. The quantitative estimate of drug-likeness (QED) is 0.411. The summed E-state index contributed by atoms with van der Waals surface area (Å²) in [6, 6.07) is 14.4. The van der Waals surface area contributed by atoms with Crippen LogP contribution in [0.25, 0.3) is 27.5 Å². The largest absolute Gasteiger partial charge is 0.296 e. The molecule has 0 bridgehead atoms. The minimum absolute atomic E-state index is 0.0845. The van der Waals surface area contributed by atoms with Gasteiger partial charge >= 0.3 is 0 Å². The van der Waals surface area contributed by atoms with Crippen LogP contribution in [0.3, 0.4) is 0 Å². The topological polar surface area (TPSA) is 34.4 Å². The van der Waals surface area contributed by atoms with E-state index in [2.05, 4.69) is 50.0 Å². The maximum absolute atomic E-state index is 13.2. The second-order valence-electron chi connectivity index (χ2n) is 7.54. The number of carbonyl (C=O) groups excluding carboxylic acids is 1. The molecule has 4 aromatic rings. The van der Waals surface area contributed by atoms with Crippen molar-refractivity contribution in [2.45, 2.75) is 26.2 Å². The Morgan fingerprint density at radius 2 is 1.63 bits per heavy atom. The first kappa shape index (κ1) is 17.6. The number of fused-ring (bicyclic) bond motifs is 1. The summed E-state index contributed by atoms with van der Waals surface area (Å²) < 4.78 is 15.1. The van der Waals surface area contributed by atoms with Gasteiger partial charge in [0.15, 0.2) is 11.2 Å². The van der Waals surface area contributed by atoms with Crippen LogP contribution in [0.2, 0.25) is 0 Å². The van der Waals surface area contributed by atoms with E-state index in [1.54, 1.807) is 12.1 Å². The number of benzene rings is 2. The summed E-state index contributed by atoms with van der Waals surface area (Å²) >= 11 is 1.49. The molecule has 4 rings (SSSR count). The van der Waals surface area contributed by atoms with Crippen LogP contribution >= 0.6 is 11.3 Å². The van der Waals surface area contributed by atoms with Crippen molar-refractivity contribution in [3.05, 3.63) is 71.0 Å². The number of aromatic nitrogens is 2. The molecule has 0 unspecified atom stereocenters. The lowest BCUT2D eigenvalue weighted by molar-refractivity contribution is 0.111. The zero-order chi connectivity index (χ0) is 19.2. The summed E-state index contributed by atoms with van der Waals surface area (Å²) in [6.07, 6.45) is 0.818. The van der Waals surface area contributed by atoms with Gasteiger partial charge in [-0.3, -0.25) is 9.20 Å². The summed E-state index contributed by atoms with van der Waals surface area (Å²) in [7, 11) is 0. The number of nitrogens with zero attached hydrogens (tertiary/aromatic N) is 2. The summed E-state index contributed by atoms with van der Waals surface area (Å²) in [6.45, 7) is 6.54. The van der Waals surface area contributed by atoms with Crippen molar-refractivity contribution >= 4 is 22.6 Å². The Kier molecular flexibility index (Phi) is 4.19. The zero-order valence-electron chi connectivity index (χ0n) is 15.4. The predicted molar refractivity (Wildman–Crippen MR) is 108 cm³/mol. The first-order valence-electron chi connectivity index (χ1n) is 8.70. The Morgan fingerprint density at radius 3 is 2.22 bits per heavy atom. The van der Waals surface area contributed by atoms with Crippen LogP contribution in [-0.4, -0.2) is 15.7 Å². The number of hydrogen-bond acceptors (Lipinski definition) is 3. The van der Waals surface area contributed by atoms with E-state index in [4.69, 9.17) is 0 Å². The summed E-state index contributed by atoms with van der Waals surface area (Å²) in [5.41, 5.74) is 5.08. The fraction of sp³-hybridized carbons (Fsp3) is 0.182. The first-order valence-corrected chi connectivity index (χ1v) is 9.58. The lowest BCUT2D eigenvalue weighted by Gasteiger charge is -2.19. The van der Waals surface area contributed by atoms with Gasteiger partial charge in [0, 0.05) is 10.9 Å². The highest BCUT2D eigenvalue weighted by Gasteiger charge is 2.19. The molecule has 0 aliphatic rings. The van der Waals surface area contributed by atoms with Gasteiger partial charge in [0.25, 0.3) is 0 Å². The number of rotatable bonds is 3. The number of thiazole rings is 1. The molecule has 0 aliphatic carbocycles. The maximum atomic E-state index is 13.2. The number of hydrogen-bond donors (Lipinski definition) is 0. The van der Waals surface area contributed by atoms with Crippen molar-refractivity contribution < 1.29 is 9.18 Å². The molecule has 2 heterocycles. The average molecular weight is 378 g/mol. The number of aldehydes is 1. The highest BCUT2D eigenvalue weighted by molar-refractivity contribution is 7.15. The molecule has 0 aliphatic heterocycles. The maximum Gasteiger partial charge on any atom is 0.195 e. The minimum Gasteiger partial charge on any atom is -0.296 e. The second kappa shape index (κ2) is 6.43. The van der Waals surface area contributed by atoms with E-state index in [0.717, 1.165) is 28.1 Å². The monoisotopic (exact) mass is 378 g/mol. The normalized spacial score (nSPS) is 11.9. The lowest BCUT2D eigenvalue weighted by atomic mass is 9.86. The molecule has 0 saturated carbocycles. The summed E-state index contributed by atoms with van der Waals surface area (Å²) in [5.74, 6) is -0.313. The van der Waals surface area contributed by atoms with Crippen molar-refractivity contribution in [1.29, 1.82) is 0 Å². The molecule has 0 amide bonds. The van der Waals surface area contributed by atoms with Crippen molar-refractivity contribution in [2.24, 2.45) is 0 Å². The van der Waals surface area contributed by atoms with E-state index in [1.165, 1.54) is 29.0 Å². The third kappa shape index (κ3) is 3.08. The minimum atomic E-state index is -0.313. The van der Waals surface area contributed by atoms with E-state index < -0.39 is 0 Å². The van der Waals surface area contributed by atoms with Gasteiger partial charge in [0.2, 0.25) is 0 Å². The fourth-order valence-electron chi connectivity index (χ4n) is 3.15. The Balaban J connectivity index is 1.86. The summed E-state index contributed by atoms with van der Waals surface area (Å²) in [5, 5.41) is 2.01. The van der Waals surface area contributed by atoms with Crippen molar-refractivity contribution in [1.82, 2.24) is 9.38 Å². The van der Waals surface area contributed by atoms with Crippen LogP contribution in [0.1, 0.15) is 36.8 Å². The van der Waals surface area contributed by atoms with Crippen LogP contribution < -0.4 is 0 Å². The molecule has 136 valence electrons. The van der Waals surface area contributed by atoms with Crippen LogP contribution in [0.4, 0.5) is 4.39 Å². The zero-order valence-corrected chi connectivity index (χ0v) is 16.2. The van der Waals surface area contributed by atoms with Gasteiger partial charge in [-0.2, -0.15) is 0 Å². The van der Waals surface area contributed by atoms with Crippen LogP contribution in [-0.2, 0) is 5.41 Å². The number of halogens is 1. The molecule has 0 atom stereocenters. The average Bonchev–Trinajstić information content (AvgIpc) is 3.20. The van der Waals surface area contributed by atoms with E-state index in [-0.39, 0.29) is 11.2 Å². The Hall–Kier alpha value is -2.79. The molecule has 27 heavy (non-hydrogen) atoms. The molecule has 0 saturated heterocycles. The molecule has 2 aromatic heterocycles. The Labute approximate surface area is 161 Å². The van der Waals surface area contributed by atoms with Gasteiger partial charge in [0.1, 0.15) is 17.2 Å². The van der Waals surface area contributed by atoms with Gasteiger partial charge < -0.3 is 0 Å². The highest BCUT2D eigenvalue weighted by atomic mass is 32.1. The molecular weight excluding hydrogens is 359 g/mol. The molecule has 0 N–H and O–H groups in total. The Bertz CT molecular complexity index is 1120. The van der Waals surface area contributed by atoms with Gasteiger partial charge in [-0.1, -0.05) is 45.0 Å². The van der Waals surface area contributed by atoms with E-state index in [9.17, 15) is 9.18 Å². The smallest absolute Gasteiger partial charge is 0.195 e. The van der Waals surface area contributed by atoms with Gasteiger partial charge in [-0.05, 0) is 40.8 Å². The van der Waals surface area contributed by atoms with Crippen LogP contribution in [0, 0.1) is 5.82 Å². The second-order valence-corrected chi connectivity index (χ2v) is 8.37.